The van der Waals surface area contributed by atoms with Crippen molar-refractivity contribution in [3.63, 3.8) is 0 Å². The van der Waals surface area contributed by atoms with E-state index in [-0.39, 0.29) is 5.78 Å². The van der Waals surface area contributed by atoms with E-state index in [9.17, 15) is 9.90 Å². The van der Waals surface area contributed by atoms with Gasteiger partial charge >= 0.3 is 0 Å². The van der Waals surface area contributed by atoms with E-state index in [1.54, 1.807) is 7.11 Å². The van der Waals surface area contributed by atoms with E-state index in [4.69, 9.17) is 4.74 Å². The lowest BCUT2D eigenvalue weighted by Gasteiger charge is -2.33. The van der Waals surface area contributed by atoms with Crippen molar-refractivity contribution >= 4 is 5.78 Å². The standard InChI is InChI=1S/C20H28O3/c1-3-20(18(21)9-10-19(20)22)12-11-14-5-4-6-15-13-16(23-2)7-8-17(14)15/h7-8,13-14,18,21H,3-6,9-12H2,1-2H3. The van der Waals surface area contributed by atoms with Crippen molar-refractivity contribution in [2.24, 2.45) is 5.41 Å². The van der Waals surface area contributed by atoms with Crippen LogP contribution in [0.2, 0.25) is 0 Å². The first-order valence-corrected chi connectivity index (χ1v) is 8.99. The Bertz CT molecular complexity index is 580. The second kappa shape index (κ2) is 6.64. The molecule has 0 heterocycles. The van der Waals surface area contributed by atoms with Crippen LogP contribution in [0.3, 0.4) is 0 Å². The molecule has 0 bridgehead atoms. The topological polar surface area (TPSA) is 46.5 Å². The number of aliphatic hydroxyl groups excluding tert-OH is 1. The molecule has 0 saturated heterocycles. The van der Waals surface area contributed by atoms with Gasteiger partial charge in [-0.3, -0.25) is 4.79 Å². The molecule has 3 heteroatoms. The normalized spacial score (nSPS) is 30.3. The van der Waals surface area contributed by atoms with Gasteiger partial charge in [0.05, 0.1) is 18.6 Å². The number of ketones is 1. The SMILES string of the molecule is CCC1(CCC2CCCc3cc(OC)ccc32)C(=O)CCC1O. The summed E-state index contributed by atoms with van der Waals surface area (Å²) in [7, 11) is 1.71. The number of hydrogen-bond acceptors (Lipinski definition) is 3. The molecule has 3 nitrogen and oxygen atoms in total. The smallest absolute Gasteiger partial charge is 0.141 e. The van der Waals surface area contributed by atoms with Gasteiger partial charge in [0, 0.05) is 6.42 Å². The van der Waals surface area contributed by atoms with Gasteiger partial charge in [-0.25, -0.2) is 0 Å². The maximum absolute atomic E-state index is 12.4. The minimum Gasteiger partial charge on any atom is -0.497 e. The third kappa shape index (κ3) is 2.91. The van der Waals surface area contributed by atoms with Gasteiger partial charge in [0.15, 0.2) is 0 Å². The van der Waals surface area contributed by atoms with E-state index in [1.807, 2.05) is 13.0 Å². The lowest BCUT2D eigenvalue weighted by atomic mass is 9.72. The average molecular weight is 316 g/mol. The first kappa shape index (κ1) is 16.5. The molecule has 3 rings (SSSR count). The van der Waals surface area contributed by atoms with Crippen LogP contribution < -0.4 is 4.74 Å². The molecule has 0 aliphatic heterocycles. The third-order valence-corrected chi connectivity index (χ3v) is 6.20. The van der Waals surface area contributed by atoms with Gasteiger partial charge in [-0.15, -0.1) is 0 Å². The number of aryl methyl sites for hydroxylation is 1. The molecule has 23 heavy (non-hydrogen) atoms. The fraction of sp³-hybridized carbons (Fsp3) is 0.650. The van der Waals surface area contributed by atoms with Gasteiger partial charge in [0.1, 0.15) is 11.5 Å². The number of aliphatic hydroxyl groups is 1. The number of hydrogen-bond donors (Lipinski definition) is 1. The molecular weight excluding hydrogens is 288 g/mol. The fourth-order valence-electron chi connectivity index (χ4n) is 4.64. The Morgan fingerprint density at radius 3 is 2.78 bits per heavy atom. The minimum atomic E-state index is -0.482. The molecule has 126 valence electrons. The van der Waals surface area contributed by atoms with Crippen molar-refractivity contribution in [1.82, 2.24) is 0 Å². The molecule has 1 N–H and O–H groups in total. The van der Waals surface area contributed by atoms with Crippen LogP contribution in [-0.2, 0) is 11.2 Å². The van der Waals surface area contributed by atoms with Crippen LogP contribution in [0, 0.1) is 5.41 Å². The Labute approximate surface area is 139 Å². The number of carbonyl (C=O) groups excluding carboxylic acids is 1. The van der Waals surface area contributed by atoms with E-state index >= 15 is 0 Å². The second-order valence-electron chi connectivity index (χ2n) is 7.18. The molecule has 1 aromatic carbocycles. The third-order valence-electron chi connectivity index (χ3n) is 6.20. The monoisotopic (exact) mass is 316 g/mol. The Morgan fingerprint density at radius 1 is 1.30 bits per heavy atom. The molecule has 1 aromatic rings. The Kier molecular flexibility index (Phi) is 4.77. The molecule has 1 fully saturated rings. The van der Waals surface area contributed by atoms with Crippen LogP contribution in [0.1, 0.15) is 68.9 Å². The number of benzene rings is 1. The molecule has 3 atom stereocenters. The van der Waals surface area contributed by atoms with Gasteiger partial charge in [-0.1, -0.05) is 13.0 Å². The fourth-order valence-corrected chi connectivity index (χ4v) is 4.64. The molecular formula is C20H28O3. The van der Waals surface area contributed by atoms with Gasteiger partial charge in [-0.05, 0) is 74.1 Å². The molecule has 0 amide bonds. The molecule has 3 unspecified atom stereocenters. The number of ether oxygens (including phenoxy) is 1. The summed E-state index contributed by atoms with van der Waals surface area (Å²) in [5, 5.41) is 10.4. The number of rotatable bonds is 5. The van der Waals surface area contributed by atoms with Crippen molar-refractivity contribution in [1.29, 1.82) is 0 Å². The number of methoxy groups -OCH3 is 1. The summed E-state index contributed by atoms with van der Waals surface area (Å²) < 4.78 is 5.34. The Balaban J connectivity index is 1.76. The Morgan fingerprint density at radius 2 is 2.13 bits per heavy atom. The number of carbonyl (C=O) groups is 1. The maximum atomic E-state index is 12.4. The predicted molar refractivity (Wildman–Crippen MR) is 90.9 cm³/mol. The maximum Gasteiger partial charge on any atom is 0.141 e. The van der Waals surface area contributed by atoms with Gasteiger partial charge in [0.25, 0.3) is 0 Å². The van der Waals surface area contributed by atoms with E-state index in [2.05, 4.69) is 12.1 Å². The first-order chi connectivity index (χ1) is 11.1. The highest BCUT2D eigenvalue weighted by Crippen LogP contribution is 2.45. The van der Waals surface area contributed by atoms with Crippen molar-refractivity contribution in [3.8, 4) is 5.75 Å². The zero-order chi connectivity index (χ0) is 16.4. The number of Topliss-reactive ketones (excluding diaryl/α,β-unsaturated/α-hetero) is 1. The largest absolute Gasteiger partial charge is 0.497 e. The van der Waals surface area contributed by atoms with E-state index in [0.29, 0.717) is 18.8 Å². The number of fused-ring (bicyclic) bond motifs is 1. The first-order valence-electron chi connectivity index (χ1n) is 8.99. The summed E-state index contributed by atoms with van der Waals surface area (Å²) in [6, 6.07) is 6.40. The molecule has 2 aliphatic carbocycles. The molecule has 1 saturated carbocycles. The summed E-state index contributed by atoms with van der Waals surface area (Å²) >= 11 is 0. The molecule has 0 aromatic heterocycles. The van der Waals surface area contributed by atoms with Gasteiger partial charge in [-0.2, -0.15) is 0 Å². The van der Waals surface area contributed by atoms with Crippen LogP contribution in [0.25, 0.3) is 0 Å². The Hall–Kier alpha value is -1.35. The van der Waals surface area contributed by atoms with Crippen molar-refractivity contribution in [2.45, 2.75) is 70.3 Å². The summed E-state index contributed by atoms with van der Waals surface area (Å²) in [6.45, 7) is 2.05. The van der Waals surface area contributed by atoms with Gasteiger partial charge < -0.3 is 9.84 Å². The predicted octanol–water partition coefficient (Wildman–Crippen LogP) is 4.02. The van der Waals surface area contributed by atoms with Gasteiger partial charge in [0.2, 0.25) is 0 Å². The summed E-state index contributed by atoms with van der Waals surface area (Å²) in [6.07, 6.45) is 6.82. The van der Waals surface area contributed by atoms with Crippen LogP contribution in [0.15, 0.2) is 18.2 Å². The minimum absolute atomic E-state index is 0.276. The lowest BCUT2D eigenvalue weighted by Crippen LogP contribution is -2.36. The highest BCUT2D eigenvalue weighted by Gasteiger charge is 2.47. The van der Waals surface area contributed by atoms with Crippen LogP contribution >= 0.6 is 0 Å². The molecule has 0 spiro atoms. The van der Waals surface area contributed by atoms with E-state index in [0.717, 1.165) is 31.4 Å². The van der Waals surface area contributed by atoms with E-state index in [1.165, 1.54) is 24.0 Å². The van der Waals surface area contributed by atoms with E-state index < -0.39 is 11.5 Å². The summed E-state index contributed by atoms with van der Waals surface area (Å²) in [5.41, 5.74) is 2.33. The second-order valence-corrected chi connectivity index (χ2v) is 7.18. The van der Waals surface area contributed by atoms with Crippen LogP contribution in [0.5, 0.6) is 5.75 Å². The zero-order valence-electron chi connectivity index (χ0n) is 14.3. The highest BCUT2D eigenvalue weighted by atomic mass is 16.5. The molecule has 2 aliphatic rings. The highest BCUT2D eigenvalue weighted by molar-refractivity contribution is 5.87. The van der Waals surface area contributed by atoms with Crippen LogP contribution in [-0.4, -0.2) is 24.1 Å². The summed E-state index contributed by atoms with van der Waals surface area (Å²) in [5.74, 6) is 1.71. The zero-order valence-corrected chi connectivity index (χ0v) is 14.3. The quantitative estimate of drug-likeness (QED) is 0.892. The molecule has 0 radical (unpaired) electrons. The average Bonchev–Trinajstić information content (AvgIpc) is 2.87. The lowest BCUT2D eigenvalue weighted by molar-refractivity contribution is -0.130. The van der Waals surface area contributed by atoms with Crippen molar-refractivity contribution in [3.05, 3.63) is 29.3 Å². The van der Waals surface area contributed by atoms with Crippen LogP contribution in [0.4, 0.5) is 0 Å². The summed E-state index contributed by atoms with van der Waals surface area (Å²) in [4.78, 5) is 12.4. The van der Waals surface area contributed by atoms with Crippen molar-refractivity contribution < 1.29 is 14.6 Å². The van der Waals surface area contributed by atoms with Crippen molar-refractivity contribution in [2.75, 3.05) is 7.11 Å².